The number of halogens is 2. The first-order valence-corrected chi connectivity index (χ1v) is 12.6. The van der Waals surface area contributed by atoms with Crippen LogP contribution in [-0.2, 0) is 26.3 Å². The topological polar surface area (TPSA) is 90.0 Å². The maximum atomic E-state index is 14.6. The zero-order chi connectivity index (χ0) is 26.3. The van der Waals surface area contributed by atoms with Crippen LogP contribution in [0.3, 0.4) is 0 Å². The van der Waals surface area contributed by atoms with E-state index in [1.807, 2.05) is 13.8 Å². The number of para-hydroxylation sites is 1. The summed E-state index contributed by atoms with van der Waals surface area (Å²) in [5.41, 5.74) is 0.240. The number of hydrogen-bond donors (Lipinski definition) is 1. The highest BCUT2D eigenvalue weighted by Crippen LogP contribution is 2.24. The van der Waals surface area contributed by atoms with Crippen molar-refractivity contribution in [1.82, 2.24) is 14.5 Å². The molecular formula is C24H32F2N4O4S. The van der Waals surface area contributed by atoms with Gasteiger partial charge >= 0.3 is 10.2 Å². The van der Waals surface area contributed by atoms with Gasteiger partial charge in [0.05, 0.1) is 5.69 Å². The number of nitrogens with zero attached hydrogens (tertiary/aromatic N) is 3. The van der Waals surface area contributed by atoms with Gasteiger partial charge < -0.3 is 10.2 Å². The summed E-state index contributed by atoms with van der Waals surface area (Å²) in [6, 6.07) is 9.49. The van der Waals surface area contributed by atoms with E-state index < -0.39 is 46.2 Å². The Balaban J connectivity index is 2.46. The van der Waals surface area contributed by atoms with Gasteiger partial charge in [-0.25, -0.2) is 13.1 Å². The average Bonchev–Trinajstić information content (AvgIpc) is 2.81. The van der Waals surface area contributed by atoms with Crippen LogP contribution in [0, 0.1) is 11.6 Å². The number of anilines is 1. The Morgan fingerprint density at radius 1 is 1.00 bits per heavy atom. The molecule has 0 saturated carbocycles. The molecule has 35 heavy (non-hydrogen) atoms. The first kappa shape index (κ1) is 28.2. The fraction of sp³-hybridized carbons (Fsp3) is 0.417. The number of nitrogens with one attached hydrogen (secondary N) is 1. The molecule has 0 aromatic heterocycles. The van der Waals surface area contributed by atoms with Crippen molar-refractivity contribution in [2.24, 2.45) is 0 Å². The van der Waals surface area contributed by atoms with Crippen molar-refractivity contribution in [3.63, 3.8) is 0 Å². The molecule has 0 aliphatic rings. The minimum Gasteiger partial charge on any atom is -0.352 e. The van der Waals surface area contributed by atoms with Crippen LogP contribution >= 0.6 is 0 Å². The Labute approximate surface area is 205 Å². The Kier molecular flexibility index (Phi) is 9.73. The lowest BCUT2D eigenvalue weighted by molar-refractivity contribution is -0.139. The second-order valence-electron chi connectivity index (χ2n) is 8.39. The summed E-state index contributed by atoms with van der Waals surface area (Å²) in [7, 11) is -1.72. The van der Waals surface area contributed by atoms with Crippen LogP contribution < -0.4 is 9.62 Å². The van der Waals surface area contributed by atoms with Gasteiger partial charge in [-0.1, -0.05) is 31.2 Å². The number of hydrogen-bond acceptors (Lipinski definition) is 4. The number of benzene rings is 2. The molecule has 192 valence electrons. The van der Waals surface area contributed by atoms with E-state index in [-0.39, 0.29) is 18.3 Å². The number of carbonyl (C=O) groups is 2. The van der Waals surface area contributed by atoms with Crippen LogP contribution in [0.5, 0.6) is 0 Å². The zero-order valence-corrected chi connectivity index (χ0v) is 21.4. The summed E-state index contributed by atoms with van der Waals surface area (Å²) < 4.78 is 55.6. The molecule has 0 heterocycles. The van der Waals surface area contributed by atoms with Crippen LogP contribution in [-0.4, -0.2) is 62.2 Å². The predicted molar refractivity (Wildman–Crippen MR) is 131 cm³/mol. The second-order valence-corrected chi connectivity index (χ2v) is 10.5. The predicted octanol–water partition coefficient (Wildman–Crippen LogP) is 2.91. The van der Waals surface area contributed by atoms with E-state index in [1.165, 1.54) is 68.4 Å². The average molecular weight is 511 g/mol. The molecule has 0 spiro atoms. The molecule has 11 heteroatoms. The van der Waals surface area contributed by atoms with Crippen molar-refractivity contribution in [3.8, 4) is 0 Å². The highest BCUT2D eigenvalue weighted by atomic mass is 32.2. The minimum atomic E-state index is -4.26. The highest BCUT2D eigenvalue weighted by Gasteiger charge is 2.33. The molecule has 0 saturated heterocycles. The van der Waals surface area contributed by atoms with Gasteiger partial charge in [-0.3, -0.25) is 9.59 Å². The third-order valence-electron chi connectivity index (χ3n) is 5.57. The molecule has 2 rings (SSSR count). The van der Waals surface area contributed by atoms with Gasteiger partial charge in [-0.05, 0) is 50.1 Å². The summed E-state index contributed by atoms with van der Waals surface area (Å²) in [6.07, 6.45) is 0.673. The molecule has 0 aliphatic heterocycles. The monoisotopic (exact) mass is 510 g/mol. The molecule has 1 N–H and O–H groups in total. The molecule has 0 fully saturated rings. The molecule has 2 aromatic rings. The summed E-state index contributed by atoms with van der Waals surface area (Å²) in [5.74, 6) is -2.44. The summed E-state index contributed by atoms with van der Waals surface area (Å²) in [6.45, 7) is 4.41. The SMILES string of the molecule is CC[C@@H](C)NC(=O)[C@@H](C)N(Cc1ccc(F)cc1)C(=O)CN(c1ccccc1F)S(=O)(=O)N(C)C. The van der Waals surface area contributed by atoms with Gasteiger partial charge in [0.1, 0.15) is 24.2 Å². The van der Waals surface area contributed by atoms with E-state index >= 15 is 0 Å². The summed E-state index contributed by atoms with van der Waals surface area (Å²) in [4.78, 5) is 27.6. The van der Waals surface area contributed by atoms with E-state index in [2.05, 4.69) is 5.32 Å². The molecule has 0 radical (unpaired) electrons. The fourth-order valence-electron chi connectivity index (χ4n) is 3.19. The molecule has 0 unspecified atom stereocenters. The van der Waals surface area contributed by atoms with Crippen molar-refractivity contribution in [1.29, 1.82) is 0 Å². The van der Waals surface area contributed by atoms with Crippen molar-refractivity contribution in [2.45, 2.75) is 45.8 Å². The molecule has 2 amide bonds. The molecule has 0 aliphatic carbocycles. The molecule has 2 atom stereocenters. The lowest BCUT2D eigenvalue weighted by Gasteiger charge is -2.33. The van der Waals surface area contributed by atoms with Crippen LogP contribution in [0.4, 0.5) is 14.5 Å². The van der Waals surface area contributed by atoms with Crippen LogP contribution in [0.1, 0.15) is 32.8 Å². The Hall–Kier alpha value is -3.05. The Bertz CT molecular complexity index is 1130. The van der Waals surface area contributed by atoms with Crippen molar-refractivity contribution in [3.05, 3.63) is 65.7 Å². The van der Waals surface area contributed by atoms with Crippen LogP contribution in [0.25, 0.3) is 0 Å². The molecule has 8 nitrogen and oxygen atoms in total. The molecule has 2 aromatic carbocycles. The largest absolute Gasteiger partial charge is 0.352 e. The van der Waals surface area contributed by atoms with Crippen molar-refractivity contribution < 1.29 is 26.8 Å². The third-order valence-corrected chi connectivity index (χ3v) is 7.38. The smallest absolute Gasteiger partial charge is 0.304 e. The van der Waals surface area contributed by atoms with Crippen LogP contribution in [0.15, 0.2) is 48.5 Å². The van der Waals surface area contributed by atoms with E-state index in [0.717, 1.165) is 10.4 Å². The van der Waals surface area contributed by atoms with Crippen molar-refractivity contribution in [2.75, 3.05) is 24.9 Å². The van der Waals surface area contributed by atoms with E-state index in [0.29, 0.717) is 16.3 Å². The summed E-state index contributed by atoms with van der Waals surface area (Å²) in [5, 5.41) is 2.81. The van der Waals surface area contributed by atoms with Gasteiger partial charge in [0.2, 0.25) is 11.8 Å². The zero-order valence-electron chi connectivity index (χ0n) is 20.5. The standard InChI is InChI=1S/C24H32F2N4O4S/c1-6-17(2)27-24(32)18(3)29(15-19-11-13-20(25)14-12-19)23(31)16-30(35(33,34)28(4)5)22-10-8-7-9-21(22)26/h7-14,17-18H,6,15-16H2,1-5H3,(H,27,32)/t17-,18-/m1/s1. The lowest BCUT2D eigenvalue weighted by atomic mass is 10.1. The molecule has 0 bridgehead atoms. The Morgan fingerprint density at radius 2 is 1.60 bits per heavy atom. The number of carbonyl (C=O) groups excluding carboxylic acids is 2. The van der Waals surface area contributed by atoms with Gasteiger partial charge in [0.25, 0.3) is 0 Å². The van der Waals surface area contributed by atoms with Gasteiger partial charge in [-0.15, -0.1) is 0 Å². The summed E-state index contributed by atoms with van der Waals surface area (Å²) >= 11 is 0. The van der Waals surface area contributed by atoms with Gasteiger partial charge in [0, 0.05) is 26.7 Å². The van der Waals surface area contributed by atoms with Gasteiger partial charge in [-0.2, -0.15) is 12.7 Å². The quantitative estimate of drug-likeness (QED) is 0.503. The maximum Gasteiger partial charge on any atom is 0.304 e. The number of rotatable bonds is 11. The lowest BCUT2D eigenvalue weighted by Crippen LogP contribution is -2.53. The fourth-order valence-corrected chi connectivity index (χ4v) is 4.25. The highest BCUT2D eigenvalue weighted by molar-refractivity contribution is 7.90. The second kappa shape index (κ2) is 12.1. The first-order chi connectivity index (χ1) is 16.4. The molecular weight excluding hydrogens is 478 g/mol. The van der Waals surface area contributed by atoms with Crippen molar-refractivity contribution >= 4 is 27.7 Å². The van der Waals surface area contributed by atoms with E-state index in [9.17, 15) is 26.8 Å². The van der Waals surface area contributed by atoms with Crippen LogP contribution in [0.2, 0.25) is 0 Å². The van der Waals surface area contributed by atoms with Gasteiger partial charge in [0.15, 0.2) is 0 Å². The normalized spacial score (nSPS) is 13.3. The first-order valence-electron chi connectivity index (χ1n) is 11.2. The van der Waals surface area contributed by atoms with E-state index in [4.69, 9.17) is 0 Å². The van der Waals surface area contributed by atoms with E-state index in [1.54, 1.807) is 0 Å². The Morgan fingerprint density at radius 3 is 2.14 bits per heavy atom. The number of amides is 2. The maximum absolute atomic E-state index is 14.6. The minimum absolute atomic E-state index is 0.0820. The third kappa shape index (κ3) is 7.22.